The highest BCUT2D eigenvalue weighted by molar-refractivity contribution is 7.13. The van der Waals surface area contributed by atoms with Crippen molar-refractivity contribution in [1.82, 2.24) is 9.88 Å². The predicted molar refractivity (Wildman–Crippen MR) is 79.2 cm³/mol. The van der Waals surface area contributed by atoms with Crippen LogP contribution in [0.25, 0.3) is 0 Å². The highest BCUT2D eigenvalue weighted by Gasteiger charge is 2.45. The van der Waals surface area contributed by atoms with Gasteiger partial charge in [0, 0.05) is 17.6 Å². The Bertz CT molecular complexity index is 520. The largest absolute Gasteiger partial charge is 0.480 e. The SMILES string of the molecule is O=C(CN1[C@@H]2CCCC[C@H]2C[C@H]1C(=O)O)Nc1nccs1. The van der Waals surface area contributed by atoms with Crippen LogP contribution in [0, 0.1) is 5.92 Å². The predicted octanol–water partition coefficient (Wildman–Crippen LogP) is 1.80. The van der Waals surface area contributed by atoms with Crippen molar-refractivity contribution in [2.24, 2.45) is 5.92 Å². The topological polar surface area (TPSA) is 82.5 Å². The number of aliphatic carboxylic acids is 1. The summed E-state index contributed by atoms with van der Waals surface area (Å²) in [6, 6.07) is -0.290. The van der Waals surface area contributed by atoms with E-state index >= 15 is 0 Å². The number of hydrogen-bond acceptors (Lipinski definition) is 5. The molecule has 1 aromatic heterocycles. The van der Waals surface area contributed by atoms with Crippen LogP contribution >= 0.6 is 11.3 Å². The molecule has 3 rings (SSSR count). The molecule has 7 heteroatoms. The van der Waals surface area contributed by atoms with E-state index in [-0.39, 0.29) is 18.5 Å². The number of fused-ring (bicyclic) bond motifs is 1. The molecule has 1 aromatic rings. The minimum absolute atomic E-state index is 0.137. The Morgan fingerprint density at radius 2 is 2.24 bits per heavy atom. The van der Waals surface area contributed by atoms with Crippen LogP contribution in [0.1, 0.15) is 32.1 Å². The zero-order chi connectivity index (χ0) is 14.8. The second kappa shape index (κ2) is 6.11. The molecule has 3 atom stereocenters. The summed E-state index contributed by atoms with van der Waals surface area (Å²) in [6.45, 7) is 0.137. The third-order valence-corrected chi connectivity index (χ3v) is 5.20. The Morgan fingerprint density at radius 1 is 1.43 bits per heavy atom. The van der Waals surface area contributed by atoms with Crippen molar-refractivity contribution in [3.8, 4) is 0 Å². The Hall–Kier alpha value is -1.47. The lowest BCUT2D eigenvalue weighted by Crippen LogP contribution is -2.46. The Kier molecular flexibility index (Phi) is 4.21. The maximum absolute atomic E-state index is 12.1. The van der Waals surface area contributed by atoms with Gasteiger partial charge in [-0.15, -0.1) is 11.3 Å². The lowest BCUT2D eigenvalue weighted by molar-refractivity contribution is -0.143. The normalized spacial score (nSPS) is 29.0. The Morgan fingerprint density at radius 3 is 2.95 bits per heavy atom. The second-order valence-electron chi connectivity index (χ2n) is 5.76. The molecule has 1 aliphatic heterocycles. The van der Waals surface area contributed by atoms with Crippen molar-refractivity contribution < 1.29 is 14.7 Å². The van der Waals surface area contributed by atoms with Gasteiger partial charge in [-0.3, -0.25) is 14.5 Å². The summed E-state index contributed by atoms with van der Waals surface area (Å²) < 4.78 is 0. The van der Waals surface area contributed by atoms with Gasteiger partial charge in [0.1, 0.15) is 6.04 Å². The number of likely N-dealkylation sites (tertiary alicyclic amines) is 1. The van der Waals surface area contributed by atoms with Crippen LogP contribution in [-0.2, 0) is 9.59 Å². The van der Waals surface area contributed by atoms with E-state index in [1.165, 1.54) is 17.8 Å². The maximum atomic E-state index is 12.1. The molecule has 2 aliphatic rings. The molecule has 21 heavy (non-hydrogen) atoms. The van der Waals surface area contributed by atoms with Crippen molar-refractivity contribution >= 4 is 28.3 Å². The monoisotopic (exact) mass is 309 g/mol. The minimum Gasteiger partial charge on any atom is -0.480 e. The average molecular weight is 309 g/mol. The van der Waals surface area contributed by atoms with Gasteiger partial charge in [0.25, 0.3) is 0 Å². The number of hydrogen-bond donors (Lipinski definition) is 2. The van der Waals surface area contributed by atoms with E-state index in [0.29, 0.717) is 17.5 Å². The van der Waals surface area contributed by atoms with Crippen LogP contribution in [0.4, 0.5) is 5.13 Å². The lowest BCUT2D eigenvalue weighted by atomic mass is 9.85. The van der Waals surface area contributed by atoms with Crippen LogP contribution < -0.4 is 5.32 Å². The number of carbonyl (C=O) groups excluding carboxylic acids is 1. The summed E-state index contributed by atoms with van der Waals surface area (Å²) in [5.74, 6) is -0.568. The first-order valence-electron chi connectivity index (χ1n) is 7.33. The van der Waals surface area contributed by atoms with Crippen LogP contribution in [-0.4, -0.2) is 45.5 Å². The van der Waals surface area contributed by atoms with E-state index in [1.54, 1.807) is 11.6 Å². The van der Waals surface area contributed by atoms with E-state index in [2.05, 4.69) is 10.3 Å². The number of carboxylic acid groups (broad SMARTS) is 1. The van der Waals surface area contributed by atoms with Crippen LogP contribution in [0.15, 0.2) is 11.6 Å². The van der Waals surface area contributed by atoms with Gasteiger partial charge in [-0.25, -0.2) is 4.98 Å². The average Bonchev–Trinajstić information content (AvgIpc) is 3.07. The number of carboxylic acids is 1. The number of anilines is 1. The fraction of sp³-hybridized carbons (Fsp3) is 0.643. The molecule has 1 aliphatic carbocycles. The molecule has 1 saturated heterocycles. The van der Waals surface area contributed by atoms with Gasteiger partial charge < -0.3 is 10.4 Å². The highest BCUT2D eigenvalue weighted by Crippen LogP contribution is 2.39. The molecule has 1 saturated carbocycles. The molecule has 0 aromatic carbocycles. The highest BCUT2D eigenvalue weighted by atomic mass is 32.1. The first-order valence-corrected chi connectivity index (χ1v) is 8.21. The summed E-state index contributed by atoms with van der Waals surface area (Å²) in [4.78, 5) is 29.5. The van der Waals surface area contributed by atoms with E-state index < -0.39 is 12.0 Å². The zero-order valence-corrected chi connectivity index (χ0v) is 12.5. The van der Waals surface area contributed by atoms with Crippen LogP contribution in [0.5, 0.6) is 0 Å². The number of aromatic nitrogens is 1. The lowest BCUT2D eigenvalue weighted by Gasteiger charge is -2.32. The standard InChI is InChI=1S/C14H19N3O3S/c18-12(16-14-15-5-6-21-14)8-17-10-4-2-1-3-9(10)7-11(17)13(19)20/h5-6,9-11H,1-4,7-8H2,(H,19,20)(H,15,16,18)/t9-,10+,11-/m0/s1. The van der Waals surface area contributed by atoms with Gasteiger partial charge in [-0.05, 0) is 25.2 Å². The molecule has 114 valence electrons. The van der Waals surface area contributed by atoms with E-state index in [1.807, 2.05) is 4.90 Å². The molecule has 0 unspecified atom stereocenters. The number of nitrogens with zero attached hydrogens (tertiary/aromatic N) is 2. The molecule has 0 radical (unpaired) electrons. The number of carbonyl (C=O) groups is 2. The van der Waals surface area contributed by atoms with Gasteiger partial charge in [-0.1, -0.05) is 12.8 Å². The first kappa shape index (κ1) is 14.5. The van der Waals surface area contributed by atoms with Crippen LogP contribution in [0.2, 0.25) is 0 Å². The second-order valence-corrected chi connectivity index (χ2v) is 6.65. The quantitative estimate of drug-likeness (QED) is 0.886. The van der Waals surface area contributed by atoms with Gasteiger partial charge in [0.2, 0.25) is 5.91 Å². The molecule has 0 spiro atoms. The number of nitrogens with one attached hydrogen (secondary N) is 1. The fourth-order valence-corrected chi connectivity index (χ4v) is 4.18. The molecule has 6 nitrogen and oxygen atoms in total. The maximum Gasteiger partial charge on any atom is 0.320 e. The zero-order valence-electron chi connectivity index (χ0n) is 11.7. The van der Waals surface area contributed by atoms with Gasteiger partial charge in [0.15, 0.2) is 5.13 Å². The molecular weight excluding hydrogens is 290 g/mol. The molecule has 0 bridgehead atoms. The fourth-order valence-electron chi connectivity index (χ4n) is 3.63. The smallest absolute Gasteiger partial charge is 0.320 e. The van der Waals surface area contributed by atoms with Crippen LogP contribution in [0.3, 0.4) is 0 Å². The Labute approximate surface area is 127 Å². The van der Waals surface area contributed by atoms with Crippen molar-refractivity contribution in [3.05, 3.63) is 11.6 Å². The summed E-state index contributed by atoms with van der Waals surface area (Å²) >= 11 is 1.36. The molecule has 2 fully saturated rings. The molecule has 1 amide bonds. The third-order valence-electron chi connectivity index (χ3n) is 4.51. The molecular formula is C14H19N3O3S. The van der Waals surface area contributed by atoms with Gasteiger partial charge >= 0.3 is 5.97 Å². The van der Waals surface area contributed by atoms with Gasteiger partial charge in [-0.2, -0.15) is 0 Å². The van der Waals surface area contributed by atoms with E-state index in [4.69, 9.17) is 0 Å². The Balaban J connectivity index is 1.68. The summed E-state index contributed by atoms with van der Waals surface area (Å²) in [7, 11) is 0. The summed E-state index contributed by atoms with van der Waals surface area (Å²) in [6.07, 6.45) is 6.68. The third kappa shape index (κ3) is 3.08. The van der Waals surface area contributed by atoms with Crippen molar-refractivity contribution in [3.63, 3.8) is 0 Å². The molecule has 2 N–H and O–H groups in total. The summed E-state index contributed by atoms with van der Waals surface area (Å²) in [5, 5.41) is 14.5. The van der Waals surface area contributed by atoms with Crippen molar-refractivity contribution in [2.75, 3.05) is 11.9 Å². The minimum atomic E-state index is -0.813. The number of amides is 1. The van der Waals surface area contributed by atoms with E-state index in [9.17, 15) is 14.7 Å². The molecule has 2 heterocycles. The van der Waals surface area contributed by atoms with Crippen molar-refractivity contribution in [2.45, 2.75) is 44.2 Å². The van der Waals surface area contributed by atoms with Crippen molar-refractivity contribution in [1.29, 1.82) is 0 Å². The first-order chi connectivity index (χ1) is 10.1. The summed E-state index contributed by atoms with van der Waals surface area (Å²) in [5.41, 5.74) is 0. The van der Waals surface area contributed by atoms with Gasteiger partial charge in [0.05, 0.1) is 6.54 Å². The number of rotatable bonds is 4. The van der Waals surface area contributed by atoms with E-state index in [0.717, 1.165) is 19.3 Å². The number of thiazole rings is 1.